The summed E-state index contributed by atoms with van der Waals surface area (Å²) < 4.78 is 5.78. The molecule has 0 unspecified atom stereocenters. The zero-order valence-corrected chi connectivity index (χ0v) is 15.1. The quantitative estimate of drug-likeness (QED) is 0.885. The van der Waals surface area contributed by atoms with Crippen LogP contribution < -0.4 is 15.0 Å². The van der Waals surface area contributed by atoms with Crippen LogP contribution in [0.3, 0.4) is 0 Å². The number of ether oxygens (including phenoxy) is 1. The van der Waals surface area contributed by atoms with Gasteiger partial charge in [0, 0.05) is 44.3 Å². The SMILES string of the molecule is Cl.Cl.Cl.c1cc(COc2ccc(N3CCNCC3)cc2)ccn1. The third-order valence-corrected chi connectivity index (χ3v) is 3.47. The molecule has 0 spiro atoms. The average Bonchev–Trinajstić information content (AvgIpc) is 2.55. The van der Waals surface area contributed by atoms with Crippen molar-refractivity contribution in [3.05, 3.63) is 54.4 Å². The van der Waals surface area contributed by atoms with Crippen LogP contribution in [-0.2, 0) is 6.61 Å². The summed E-state index contributed by atoms with van der Waals surface area (Å²) in [5.74, 6) is 0.903. The minimum atomic E-state index is 0. The van der Waals surface area contributed by atoms with Gasteiger partial charge in [-0.1, -0.05) is 0 Å². The third-order valence-electron chi connectivity index (χ3n) is 3.47. The molecule has 1 aromatic heterocycles. The fourth-order valence-corrected chi connectivity index (χ4v) is 2.32. The Morgan fingerprint density at radius 3 is 2.13 bits per heavy atom. The number of nitrogens with one attached hydrogen (secondary N) is 1. The molecule has 1 aliphatic heterocycles. The molecule has 3 rings (SSSR count). The molecule has 0 radical (unpaired) electrons. The summed E-state index contributed by atoms with van der Waals surface area (Å²) >= 11 is 0. The van der Waals surface area contributed by atoms with Crippen molar-refractivity contribution in [3.63, 3.8) is 0 Å². The number of hydrogen-bond acceptors (Lipinski definition) is 4. The van der Waals surface area contributed by atoms with Crippen LogP contribution in [0.1, 0.15) is 5.56 Å². The maximum Gasteiger partial charge on any atom is 0.119 e. The second kappa shape index (κ2) is 11.4. The topological polar surface area (TPSA) is 37.4 Å². The lowest BCUT2D eigenvalue weighted by Gasteiger charge is -2.29. The standard InChI is InChI=1S/C16H19N3O.3ClH/c1-3-16(20-13-14-5-7-17-8-6-14)4-2-15(1)19-11-9-18-10-12-19;;;/h1-8,18H,9-13H2;3*1H. The second-order valence-corrected chi connectivity index (χ2v) is 4.88. The molecule has 1 fully saturated rings. The maximum absolute atomic E-state index is 5.78. The maximum atomic E-state index is 5.78. The summed E-state index contributed by atoms with van der Waals surface area (Å²) in [5, 5.41) is 3.36. The molecule has 23 heavy (non-hydrogen) atoms. The summed E-state index contributed by atoms with van der Waals surface area (Å²) in [6.07, 6.45) is 3.57. The second-order valence-electron chi connectivity index (χ2n) is 4.88. The smallest absolute Gasteiger partial charge is 0.119 e. The summed E-state index contributed by atoms with van der Waals surface area (Å²) in [6.45, 7) is 4.82. The van der Waals surface area contributed by atoms with Gasteiger partial charge in [0.2, 0.25) is 0 Å². The largest absolute Gasteiger partial charge is 0.489 e. The van der Waals surface area contributed by atoms with Crippen LogP contribution in [0, 0.1) is 0 Å². The Balaban J connectivity index is 0.00000161. The average molecular weight is 379 g/mol. The van der Waals surface area contributed by atoms with E-state index in [1.807, 2.05) is 24.3 Å². The fraction of sp³-hybridized carbons (Fsp3) is 0.312. The first kappa shape index (κ1) is 21.8. The molecule has 0 saturated carbocycles. The lowest BCUT2D eigenvalue weighted by molar-refractivity contribution is 0.306. The number of benzene rings is 1. The molecule has 128 valence electrons. The Hall–Kier alpha value is -1.20. The van der Waals surface area contributed by atoms with Crippen LogP contribution in [0.15, 0.2) is 48.8 Å². The zero-order valence-electron chi connectivity index (χ0n) is 12.7. The molecule has 4 nitrogen and oxygen atoms in total. The molecule has 1 N–H and O–H groups in total. The minimum Gasteiger partial charge on any atom is -0.489 e. The number of hydrogen-bond donors (Lipinski definition) is 1. The Morgan fingerprint density at radius 1 is 0.913 bits per heavy atom. The lowest BCUT2D eigenvalue weighted by atomic mass is 10.2. The first-order chi connectivity index (χ1) is 9.92. The van der Waals surface area contributed by atoms with Gasteiger partial charge < -0.3 is 15.0 Å². The molecule has 0 bridgehead atoms. The molecule has 1 aromatic carbocycles. The van der Waals surface area contributed by atoms with E-state index in [0.717, 1.165) is 37.5 Å². The molecule has 0 atom stereocenters. The zero-order chi connectivity index (χ0) is 13.6. The van der Waals surface area contributed by atoms with Gasteiger partial charge in [0.25, 0.3) is 0 Å². The van der Waals surface area contributed by atoms with E-state index in [-0.39, 0.29) is 37.2 Å². The number of pyridine rings is 1. The normalized spacial score (nSPS) is 13.1. The summed E-state index contributed by atoms with van der Waals surface area (Å²) in [7, 11) is 0. The van der Waals surface area contributed by atoms with Crippen molar-refractivity contribution in [2.45, 2.75) is 6.61 Å². The van der Waals surface area contributed by atoms with Crippen LogP contribution in [0.5, 0.6) is 5.75 Å². The van der Waals surface area contributed by atoms with E-state index in [9.17, 15) is 0 Å². The highest BCUT2D eigenvalue weighted by molar-refractivity contribution is 5.86. The lowest BCUT2D eigenvalue weighted by Crippen LogP contribution is -2.43. The van der Waals surface area contributed by atoms with E-state index < -0.39 is 0 Å². The molecule has 7 heteroatoms. The van der Waals surface area contributed by atoms with E-state index in [1.165, 1.54) is 5.69 Å². The molecule has 1 aliphatic rings. The summed E-state index contributed by atoms with van der Waals surface area (Å²) in [4.78, 5) is 6.39. The summed E-state index contributed by atoms with van der Waals surface area (Å²) in [6, 6.07) is 12.3. The van der Waals surface area contributed by atoms with Crippen LogP contribution >= 0.6 is 37.2 Å². The Morgan fingerprint density at radius 2 is 1.52 bits per heavy atom. The van der Waals surface area contributed by atoms with E-state index in [1.54, 1.807) is 12.4 Å². The predicted molar refractivity (Wildman–Crippen MR) is 102 cm³/mol. The van der Waals surface area contributed by atoms with Crippen molar-refractivity contribution < 1.29 is 4.74 Å². The van der Waals surface area contributed by atoms with E-state index in [4.69, 9.17) is 4.74 Å². The molecular formula is C16H22Cl3N3O. The third kappa shape index (κ3) is 6.43. The number of nitrogens with zero attached hydrogens (tertiary/aromatic N) is 2. The van der Waals surface area contributed by atoms with Gasteiger partial charge in [0.05, 0.1) is 0 Å². The van der Waals surface area contributed by atoms with Gasteiger partial charge in [-0.2, -0.15) is 0 Å². The highest BCUT2D eigenvalue weighted by atomic mass is 35.5. The monoisotopic (exact) mass is 377 g/mol. The minimum absolute atomic E-state index is 0. The number of aromatic nitrogens is 1. The van der Waals surface area contributed by atoms with E-state index in [0.29, 0.717) is 6.61 Å². The molecule has 2 heterocycles. The Kier molecular flexibility index (Phi) is 10.8. The first-order valence-electron chi connectivity index (χ1n) is 6.99. The highest BCUT2D eigenvalue weighted by Gasteiger charge is 2.09. The van der Waals surface area contributed by atoms with E-state index in [2.05, 4.69) is 27.3 Å². The van der Waals surface area contributed by atoms with Gasteiger partial charge in [-0.3, -0.25) is 4.98 Å². The number of piperazine rings is 1. The fourth-order valence-electron chi connectivity index (χ4n) is 2.32. The van der Waals surface area contributed by atoms with Crippen molar-refractivity contribution in [2.75, 3.05) is 31.1 Å². The molecular weight excluding hydrogens is 357 g/mol. The van der Waals surface area contributed by atoms with Gasteiger partial charge in [0.15, 0.2) is 0 Å². The van der Waals surface area contributed by atoms with Gasteiger partial charge in [-0.15, -0.1) is 37.2 Å². The number of rotatable bonds is 4. The van der Waals surface area contributed by atoms with Crippen molar-refractivity contribution >= 4 is 42.9 Å². The van der Waals surface area contributed by atoms with Crippen LogP contribution in [0.4, 0.5) is 5.69 Å². The predicted octanol–water partition coefficient (Wildman–Crippen LogP) is 3.34. The molecule has 0 aliphatic carbocycles. The van der Waals surface area contributed by atoms with Gasteiger partial charge >= 0.3 is 0 Å². The van der Waals surface area contributed by atoms with Crippen molar-refractivity contribution in [2.24, 2.45) is 0 Å². The van der Waals surface area contributed by atoms with Gasteiger partial charge in [-0.25, -0.2) is 0 Å². The Bertz CT molecular complexity index is 534. The van der Waals surface area contributed by atoms with Crippen LogP contribution in [-0.4, -0.2) is 31.2 Å². The van der Waals surface area contributed by atoms with Crippen molar-refractivity contribution in [3.8, 4) is 5.75 Å². The first-order valence-corrected chi connectivity index (χ1v) is 6.99. The number of halogens is 3. The highest BCUT2D eigenvalue weighted by Crippen LogP contribution is 2.20. The van der Waals surface area contributed by atoms with Crippen LogP contribution in [0.25, 0.3) is 0 Å². The summed E-state index contributed by atoms with van der Waals surface area (Å²) in [5.41, 5.74) is 2.40. The molecule has 2 aromatic rings. The number of anilines is 1. The van der Waals surface area contributed by atoms with Crippen molar-refractivity contribution in [1.29, 1.82) is 0 Å². The van der Waals surface area contributed by atoms with Crippen LogP contribution in [0.2, 0.25) is 0 Å². The Labute approximate surface area is 155 Å². The van der Waals surface area contributed by atoms with Gasteiger partial charge in [0.1, 0.15) is 12.4 Å². The molecule has 0 amide bonds. The molecule has 1 saturated heterocycles. The van der Waals surface area contributed by atoms with Crippen molar-refractivity contribution in [1.82, 2.24) is 10.3 Å². The van der Waals surface area contributed by atoms with Gasteiger partial charge in [-0.05, 0) is 42.0 Å². The van der Waals surface area contributed by atoms with E-state index >= 15 is 0 Å².